The maximum absolute atomic E-state index is 13.5. The molecule has 1 aromatic heterocycles. The van der Waals surface area contributed by atoms with Crippen molar-refractivity contribution >= 4 is 102 Å². The fourth-order valence-corrected chi connectivity index (χ4v) is 7.41. The van der Waals surface area contributed by atoms with Crippen LogP contribution in [0.4, 0.5) is 9.93 Å². The van der Waals surface area contributed by atoms with Crippen molar-refractivity contribution in [2.75, 3.05) is 15.5 Å². The average molecular weight is 733 g/mol. The van der Waals surface area contributed by atoms with Gasteiger partial charge in [0.2, 0.25) is 11.0 Å². The molecule has 1 saturated carbocycles. The topological polar surface area (TPSA) is 198 Å². The first kappa shape index (κ1) is 32.1. The van der Waals surface area contributed by atoms with Crippen molar-refractivity contribution < 1.29 is 47.4 Å². The third-order valence-electron chi connectivity index (χ3n) is 6.17. The van der Waals surface area contributed by atoms with Gasteiger partial charge in [-0.15, -0.1) is 11.3 Å². The minimum absolute atomic E-state index is 0.00957. The lowest BCUT2D eigenvalue weighted by Gasteiger charge is -2.49. The molecule has 1 aromatic rings. The van der Waals surface area contributed by atoms with Crippen molar-refractivity contribution in [3.05, 3.63) is 22.3 Å². The Labute approximate surface area is 262 Å². The molecule has 224 valence electrons. The first-order chi connectivity index (χ1) is 19.7. The number of oxime groups is 1. The maximum Gasteiger partial charge on any atom is 0.413 e. The number of halogens is 1. The van der Waals surface area contributed by atoms with E-state index < -0.39 is 69.4 Å². The summed E-state index contributed by atoms with van der Waals surface area (Å²) in [6.45, 7) is 5.07. The van der Waals surface area contributed by atoms with Gasteiger partial charge in [-0.25, -0.2) is 19.4 Å². The lowest BCUT2D eigenvalue weighted by atomic mass is 10.0. The zero-order valence-electron chi connectivity index (χ0n) is 23.2. The van der Waals surface area contributed by atoms with Crippen molar-refractivity contribution in [1.29, 1.82) is 0 Å². The molecular formula is C22H26B2IN5O10S2. The Morgan fingerprint density at radius 1 is 1.29 bits per heavy atom. The number of carbonyl (C=O) groups excluding carboxylic acids is 5. The zero-order chi connectivity index (χ0) is 31.0. The van der Waals surface area contributed by atoms with Gasteiger partial charge in [0, 0.05) is 28.2 Å². The largest absolute Gasteiger partial charge is 0.614 e. The molecule has 0 bridgehead atoms. The summed E-state index contributed by atoms with van der Waals surface area (Å²) in [6, 6.07) is -1.26. The molecule has 3 atom stereocenters. The van der Waals surface area contributed by atoms with Crippen molar-refractivity contribution in [2.24, 2.45) is 5.16 Å². The monoisotopic (exact) mass is 733 g/mol. The molecule has 1 aliphatic carbocycles. The molecule has 3 amide bonds. The third kappa shape index (κ3) is 6.55. The normalized spacial score (nSPS) is 22.8. The number of rotatable bonds is 9. The number of hydrogen-bond donors (Lipinski definition) is 2. The van der Waals surface area contributed by atoms with Crippen LogP contribution in [-0.2, 0) is 49.2 Å². The van der Waals surface area contributed by atoms with E-state index in [9.17, 15) is 28.5 Å². The van der Waals surface area contributed by atoms with E-state index in [1.54, 1.807) is 20.8 Å². The molecule has 4 rings (SSSR count). The van der Waals surface area contributed by atoms with Crippen LogP contribution in [-0.4, -0.2) is 98.9 Å². The van der Waals surface area contributed by atoms with Crippen molar-refractivity contribution in [3.8, 4) is 0 Å². The van der Waals surface area contributed by atoms with Crippen LogP contribution in [0.2, 0.25) is 0 Å². The Hall–Kier alpha value is -2.84. The predicted octanol–water partition coefficient (Wildman–Crippen LogP) is -0.969. The Bertz CT molecular complexity index is 1380. The molecule has 0 radical (unpaired) electrons. The quantitative estimate of drug-likeness (QED) is 0.0603. The average Bonchev–Trinajstić information content (AvgIpc) is 3.59. The van der Waals surface area contributed by atoms with E-state index in [0.29, 0.717) is 22.8 Å². The van der Waals surface area contributed by atoms with Crippen LogP contribution in [0.3, 0.4) is 0 Å². The molecule has 1 saturated heterocycles. The highest BCUT2D eigenvalue weighted by atomic mass is 127. The molecular weight excluding hydrogens is 707 g/mol. The molecule has 0 spiro atoms. The summed E-state index contributed by atoms with van der Waals surface area (Å²) in [5.74, 6) is -2.99. The summed E-state index contributed by atoms with van der Waals surface area (Å²) >= 11 is 1.33. The minimum atomic E-state index is -1.64. The van der Waals surface area contributed by atoms with Crippen LogP contribution in [0.1, 0.15) is 39.3 Å². The number of carbonyl (C=O) groups is 5. The highest BCUT2D eigenvalue weighted by Crippen LogP contribution is 2.41. The van der Waals surface area contributed by atoms with E-state index in [1.165, 1.54) is 21.5 Å². The Morgan fingerprint density at radius 2 is 1.98 bits per heavy atom. The van der Waals surface area contributed by atoms with Gasteiger partial charge in [0.05, 0.1) is 0 Å². The van der Waals surface area contributed by atoms with Gasteiger partial charge in [-0.05, 0) is 31.9 Å². The molecule has 0 aromatic carbocycles. The second-order valence-electron chi connectivity index (χ2n) is 10.3. The highest BCUT2D eigenvalue weighted by molar-refractivity contribution is 14.1. The van der Waals surface area contributed by atoms with E-state index in [0.717, 1.165) is 16.2 Å². The number of ether oxygens (including phenoxy) is 1. The smallest absolute Gasteiger partial charge is 0.413 e. The van der Waals surface area contributed by atoms with E-state index in [-0.39, 0.29) is 22.3 Å². The summed E-state index contributed by atoms with van der Waals surface area (Å²) in [6.07, 6.45) is -0.163. The molecule has 1 unspecified atom stereocenters. The summed E-state index contributed by atoms with van der Waals surface area (Å²) < 4.78 is 28.2. The van der Waals surface area contributed by atoms with Gasteiger partial charge in [0.1, 0.15) is 22.7 Å². The fourth-order valence-electron chi connectivity index (χ4n) is 4.05. The zero-order valence-corrected chi connectivity index (χ0v) is 27.0. The maximum atomic E-state index is 13.5. The number of aromatic nitrogens is 1. The fraction of sp³-hybridized carbons (Fsp3) is 0.500. The van der Waals surface area contributed by atoms with Crippen LogP contribution < -0.4 is 10.6 Å². The van der Waals surface area contributed by atoms with Gasteiger partial charge in [-0.2, -0.15) is 0 Å². The second-order valence-corrected chi connectivity index (χ2v) is 13.5. The van der Waals surface area contributed by atoms with Gasteiger partial charge in [0.25, 0.3) is 11.8 Å². The standard InChI is InChI=1S/C22H26B2IN5O10S2/c1-21(2,3)37-20(35)28-19-26-10(7-41-19)11(29-40-22(4-5-22)18(34)39-24)14(31)27-12-15(32)30-13(17(33)38-23)9(6-25)8-42(36)16(12)30/h7,12,16H,4-6,8,23-24H2,1-3H3,(H,27,31)(H,26,28,35)/b29-11-/t12-,16-,42?/m1/s1. The van der Waals surface area contributed by atoms with Gasteiger partial charge >= 0.3 is 34.1 Å². The number of amides is 3. The number of β-lactam (4-membered cyclic amide) rings is 1. The van der Waals surface area contributed by atoms with Crippen LogP contribution in [0, 0.1) is 0 Å². The Balaban J connectivity index is 1.58. The minimum Gasteiger partial charge on any atom is -0.614 e. The summed E-state index contributed by atoms with van der Waals surface area (Å²) in [4.78, 5) is 74.2. The summed E-state index contributed by atoms with van der Waals surface area (Å²) in [5, 5.41) is 9.35. The molecule has 20 heteroatoms. The molecule has 2 aliphatic heterocycles. The van der Waals surface area contributed by atoms with Crippen LogP contribution in [0.25, 0.3) is 0 Å². The molecule has 15 nitrogen and oxygen atoms in total. The number of nitrogens with one attached hydrogen (secondary N) is 2. The highest BCUT2D eigenvalue weighted by Gasteiger charge is 2.61. The van der Waals surface area contributed by atoms with Crippen molar-refractivity contribution in [3.63, 3.8) is 0 Å². The van der Waals surface area contributed by atoms with Gasteiger partial charge < -0.3 is 28.8 Å². The van der Waals surface area contributed by atoms with Gasteiger partial charge in [-0.3, -0.25) is 19.8 Å². The summed E-state index contributed by atoms with van der Waals surface area (Å²) in [7, 11) is 2.37. The Kier molecular flexibility index (Phi) is 9.48. The number of thiazole rings is 1. The molecule has 42 heavy (non-hydrogen) atoms. The van der Waals surface area contributed by atoms with Gasteiger partial charge in [0.15, 0.2) is 16.9 Å². The van der Waals surface area contributed by atoms with E-state index in [4.69, 9.17) is 18.9 Å². The predicted molar refractivity (Wildman–Crippen MR) is 162 cm³/mol. The SMILES string of the molecule is BOC(=O)C1=C(CI)C[S+]([O-])[C@@H]2[C@H](NC(=O)/C(=N\OC3(C(=O)OB)CC3)c3csc(NC(=O)OC(C)(C)C)n3)C(=O)N12. The van der Waals surface area contributed by atoms with Crippen molar-refractivity contribution in [1.82, 2.24) is 15.2 Å². The molecule has 3 aliphatic rings. The van der Waals surface area contributed by atoms with Crippen LogP contribution in [0.5, 0.6) is 0 Å². The first-order valence-electron chi connectivity index (χ1n) is 12.4. The number of fused-ring (bicyclic) bond motifs is 1. The number of hydrogen-bond acceptors (Lipinski definition) is 13. The number of alkyl halides is 1. The van der Waals surface area contributed by atoms with Gasteiger partial charge in [-0.1, -0.05) is 27.7 Å². The summed E-state index contributed by atoms with van der Waals surface area (Å²) in [5.41, 5.74) is -2.08. The molecule has 2 N–H and O–H groups in total. The lowest BCUT2D eigenvalue weighted by molar-refractivity contribution is -0.150. The van der Waals surface area contributed by atoms with Crippen LogP contribution >= 0.6 is 33.9 Å². The lowest BCUT2D eigenvalue weighted by Crippen LogP contribution is -2.75. The second kappa shape index (κ2) is 12.4. The Morgan fingerprint density at radius 3 is 2.55 bits per heavy atom. The van der Waals surface area contributed by atoms with E-state index in [1.807, 2.05) is 22.6 Å². The molecule has 2 fully saturated rings. The third-order valence-corrected chi connectivity index (χ3v) is 9.51. The van der Waals surface area contributed by atoms with E-state index in [2.05, 4.69) is 20.8 Å². The number of anilines is 1. The van der Waals surface area contributed by atoms with E-state index >= 15 is 0 Å². The first-order valence-corrected chi connectivity index (χ1v) is 16.2. The number of nitrogens with zero attached hydrogens (tertiary/aromatic N) is 3. The molecule has 3 heterocycles. The van der Waals surface area contributed by atoms with Crippen LogP contribution in [0.15, 0.2) is 21.8 Å². The van der Waals surface area contributed by atoms with Crippen molar-refractivity contribution in [2.45, 2.75) is 56.2 Å².